The van der Waals surface area contributed by atoms with Crippen LogP contribution in [0.4, 0.5) is 0 Å². The monoisotopic (exact) mass is 193 g/mol. The van der Waals surface area contributed by atoms with Crippen molar-refractivity contribution in [2.24, 2.45) is 17.3 Å². The van der Waals surface area contributed by atoms with Gasteiger partial charge in [-0.05, 0) is 24.2 Å². The first-order valence-electron chi connectivity index (χ1n) is 5.55. The van der Waals surface area contributed by atoms with E-state index in [1.807, 2.05) is 6.92 Å². The van der Waals surface area contributed by atoms with Gasteiger partial charge in [-0.15, -0.1) is 0 Å². The molecule has 0 radical (unpaired) electrons. The van der Waals surface area contributed by atoms with Crippen molar-refractivity contribution in [1.82, 2.24) is 5.32 Å². The van der Waals surface area contributed by atoms with Crippen LogP contribution in [0.2, 0.25) is 0 Å². The topological polar surface area (TPSA) is 29.1 Å². The van der Waals surface area contributed by atoms with Crippen molar-refractivity contribution in [2.45, 2.75) is 40.0 Å². The third-order valence-corrected chi connectivity index (χ3v) is 4.07. The maximum atomic E-state index is 11.3. The molecule has 0 aromatic heterocycles. The molecule has 0 unspecified atom stereocenters. The summed E-state index contributed by atoms with van der Waals surface area (Å²) in [4.78, 5) is 11.3. The van der Waals surface area contributed by atoms with Crippen molar-refractivity contribution >= 4 is 5.91 Å². The SMILES string of the molecule is CCC(=O)NC1=CC[C@H]2C[C@@H]1C2(C)C. The standard InChI is InChI=1S/C12H19NO/c1-4-11(14)13-10-6-5-8-7-9(10)12(8,2)3/h6,8-9H,4-5,7H2,1-3H3,(H,13,14)/t8-,9-/m0/s1. The molecule has 0 saturated heterocycles. The molecule has 2 bridgehead atoms. The van der Waals surface area contributed by atoms with Crippen LogP contribution in [0.1, 0.15) is 40.0 Å². The number of carbonyl (C=O) groups is 1. The first-order valence-corrected chi connectivity index (χ1v) is 5.55. The number of hydrogen-bond acceptors (Lipinski definition) is 1. The van der Waals surface area contributed by atoms with E-state index in [1.165, 1.54) is 12.1 Å². The van der Waals surface area contributed by atoms with E-state index in [0.29, 0.717) is 17.8 Å². The molecule has 1 amide bonds. The van der Waals surface area contributed by atoms with E-state index in [0.717, 1.165) is 12.3 Å². The molecule has 2 nitrogen and oxygen atoms in total. The summed E-state index contributed by atoms with van der Waals surface area (Å²) in [6.07, 6.45) is 5.21. The van der Waals surface area contributed by atoms with Gasteiger partial charge in [0.25, 0.3) is 0 Å². The van der Waals surface area contributed by atoms with E-state index in [1.54, 1.807) is 0 Å². The maximum Gasteiger partial charge on any atom is 0.223 e. The highest BCUT2D eigenvalue weighted by Gasteiger charge is 2.51. The summed E-state index contributed by atoms with van der Waals surface area (Å²) in [7, 11) is 0. The fourth-order valence-electron chi connectivity index (χ4n) is 2.74. The number of carbonyl (C=O) groups excluding carboxylic acids is 1. The van der Waals surface area contributed by atoms with E-state index in [2.05, 4.69) is 25.2 Å². The van der Waals surface area contributed by atoms with E-state index < -0.39 is 0 Å². The van der Waals surface area contributed by atoms with Crippen molar-refractivity contribution in [3.63, 3.8) is 0 Å². The highest BCUT2D eigenvalue weighted by molar-refractivity contribution is 5.77. The van der Waals surface area contributed by atoms with Crippen LogP contribution in [-0.4, -0.2) is 5.91 Å². The highest BCUT2D eigenvalue weighted by Crippen LogP contribution is 2.58. The minimum atomic E-state index is 0.150. The molecule has 14 heavy (non-hydrogen) atoms. The van der Waals surface area contributed by atoms with Crippen LogP contribution < -0.4 is 5.32 Å². The van der Waals surface area contributed by atoms with Crippen molar-refractivity contribution in [2.75, 3.05) is 0 Å². The molecule has 0 aromatic carbocycles. The molecule has 3 aliphatic rings. The van der Waals surface area contributed by atoms with Crippen LogP contribution in [-0.2, 0) is 4.79 Å². The van der Waals surface area contributed by atoms with Crippen LogP contribution in [0, 0.1) is 17.3 Å². The fourth-order valence-corrected chi connectivity index (χ4v) is 2.74. The summed E-state index contributed by atoms with van der Waals surface area (Å²) in [5.41, 5.74) is 1.59. The first-order chi connectivity index (χ1) is 6.55. The molecule has 0 aliphatic heterocycles. The second-order valence-electron chi connectivity index (χ2n) is 5.10. The highest BCUT2D eigenvalue weighted by atomic mass is 16.1. The van der Waals surface area contributed by atoms with Gasteiger partial charge in [-0.1, -0.05) is 26.8 Å². The zero-order chi connectivity index (χ0) is 10.3. The Kier molecular flexibility index (Phi) is 2.17. The summed E-state index contributed by atoms with van der Waals surface area (Å²) in [6, 6.07) is 0. The molecule has 2 atom stereocenters. The second kappa shape index (κ2) is 3.11. The molecule has 0 aromatic rings. The molecule has 0 spiro atoms. The second-order valence-corrected chi connectivity index (χ2v) is 5.10. The lowest BCUT2D eigenvalue weighted by molar-refractivity contribution is -0.121. The number of nitrogens with one attached hydrogen (secondary N) is 1. The van der Waals surface area contributed by atoms with Gasteiger partial charge in [-0.25, -0.2) is 0 Å². The minimum Gasteiger partial charge on any atom is -0.330 e. The fraction of sp³-hybridized carbons (Fsp3) is 0.750. The average molecular weight is 193 g/mol. The van der Waals surface area contributed by atoms with Crippen molar-refractivity contribution in [1.29, 1.82) is 0 Å². The van der Waals surface area contributed by atoms with Gasteiger partial charge in [-0.2, -0.15) is 0 Å². The summed E-state index contributed by atoms with van der Waals surface area (Å²) in [5, 5.41) is 3.03. The van der Waals surface area contributed by atoms with Gasteiger partial charge in [0.2, 0.25) is 5.91 Å². The Hall–Kier alpha value is -0.790. The molecule has 3 aliphatic carbocycles. The molecule has 1 fully saturated rings. The summed E-state index contributed by atoms with van der Waals surface area (Å²) >= 11 is 0. The Bertz CT molecular complexity index is 291. The molecule has 0 heterocycles. The summed E-state index contributed by atoms with van der Waals surface area (Å²) in [5.74, 6) is 1.59. The third-order valence-electron chi connectivity index (χ3n) is 4.07. The Morgan fingerprint density at radius 2 is 2.36 bits per heavy atom. The van der Waals surface area contributed by atoms with Gasteiger partial charge >= 0.3 is 0 Å². The van der Waals surface area contributed by atoms with Crippen LogP contribution in [0.25, 0.3) is 0 Å². The Morgan fingerprint density at radius 1 is 1.64 bits per heavy atom. The molecule has 1 saturated carbocycles. The Balaban J connectivity index is 2.07. The van der Waals surface area contributed by atoms with Crippen LogP contribution in [0.5, 0.6) is 0 Å². The number of allylic oxidation sites excluding steroid dienone is 2. The van der Waals surface area contributed by atoms with E-state index in [4.69, 9.17) is 0 Å². The quantitative estimate of drug-likeness (QED) is 0.717. The van der Waals surface area contributed by atoms with Crippen molar-refractivity contribution < 1.29 is 4.79 Å². The number of amides is 1. The average Bonchev–Trinajstić information content (AvgIpc) is 2.17. The Labute approximate surface area is 85.8 Å². The molecule has 2 heteroatoms. The smallest absolute Gasteiger partial charge is 0.223 e. The van der Waals surface area contributed by atoms with Crippen LogP contribution in [0.3, 0.4) is 0 Å². The van der Waals surface area contributed by atoms with E-state index >= 15 is 0 Å². The molecular formula is C12H19NO. The van der Waals surface area contributed by atoms with E-state index in [-0.39, 0.29) is 5.91 Å². The zero-order valence-electron chi connectivity index (χ0n) is 9.26. The molecule has 3 rings (SSSR count). The number of rotatable bonds is 2. The summed E-state index contributed by atoms with van der Waals surface area (Å²) in [6.45, 7) is 6.53. The normalized spacial score (nSPS) is 32.9. The van der Waals surface area contributed by atoms with Crippen molar-refractivity contribution in [3.05, 3.63) is 11.8 Å². The number of hydrogen-bond donors (Lipinski definition) is 1. The van der Waals surface area contributed by atoms with Gasteiger partial charge in [0.15, 0.2) is 0 Å². The van der Waals surface area contributed by atoms with Gasteiger partial charge in [-0.3, -0.25) is 4.79 Å². The lowest BCUT2D eigenvalue weighted by atomic mass is 9.50. The first kappa shape index (κ1) is 9.75. The summed E-state index contributed by atoms with van der Waals surface area (Å²) < 4.78 is 0. The lowest BCUT2D eigenvalue weighted by Gasteiger charge is -2.56. The molecule has 78 valence electrons. The van der Waals surface area contributed by atoms with Crippen LogP contribution >= 0.6 is 0 Å². The Morgan fingerprint density at radius 3 is 2.86 bits per heavy atom. The third kappa shape index (κ3) is 1.28. The van der Waals surface area contributed by atoms with Gasteiger partial charge < -0.3 is 5.32 Å². The van der Waals surface area contributed by atoms with Gasteiger partial charge in [0, 0.05) is 18.0 Å². The predicted molar refractivity (Wildman–Crippen MR) is 56.5 cm³/mol. The predicted octanol–water partition coefficient (Wildman–Crippen LogP) is 2.46. The number of fused-ring (bicyclic) bond motifs is 1. The lowest BCUT2D eigenvalue weighted by Crippen LogP contribution is -2.51. The van der Waals surface area contributed by atoms with Gasteiger partial charge in [0.1, 0.15) is 0 Å². The van der Waals surface area contributed by atoms with E-state index in [9.17, 15) is 4.79 Å². The largest absolute Gasteiger partial charge is 0.330 e. The zero-order valence-corrected chi connectivity index (χ0v) is 9.26. The molecule has 1 N–H and O–H groups in total. The minimum absolute atomic E-state index is 0.150. The van der Waals surface area contributed by atoms with Crippen molar-refractivity contribution in [3.8, 4) is 0 Å². The molecular weight excluding hydrogens is 174 g/mol. The maximum absolute atomic E-state index is 11.3. The van der Waals surface area contributed by atoms with Gasteiger partial charge in [0.05, 0.1) is 0 Å². The van der Waals surface area contributed by atoms with Crippen LogP contribution in [0.15, 0.2) is 11.8 Å².